The summed E-state index contributed by atoms with van der Waals surface area (Å²) >= 11 is 0. The average molecular weight is 363 g/mol. The Bertz CT molecular complexity index is 67.6. The van der Waals surface area contributed by atoms with Crippen LogP contribution in [0.1, 0.15) is 0 Å². The first-order chi connectivity index (χ1) is 5.00. The maximum absolute atomic E-state index is 8.88. The zero-order valence-corrected chi connectivity index (χ0v) is 15.2. The predicted molar refractivity (Wildman–Crippen MR) is 43.0 cm³/mol. The number of phosphoric acid groups is 1. The first-order valence-electron chi connectivity index (χ1n) is 1.88. The molecule has 0 unspecified atom stereocenters. The van der Waals surface area contributed by atoms with Gasteiger partial charge in [0, 0.05) is 53.2 Å². The standard InChI is InChI=1S/2CH4O.H3O4P.H2O2.2H2O.2Zn/c2*1-2;1-5(2,3)4;1-2;;;;/h2*2H,1H3;(H3,1,2,3,4);1-2H;2*1H2;;. The minimum Gasteiger partial charge on any atom is -0.412 e. The van der Waals surface area contributed by atoms with E-state index in [2.05, 4.69) is 0 Å². The van der Waals surface area contributed by atoms with Crippen molar-refractivity contribution >= 4 is 7.82 Å². The van der Waals surface area contributed by atoms with Gasteiger partial charge in [-0.05, 0) is 0 Å². The molecule has 0 bridgehead atoms. The van der Waals surface area contributed by atoms with Gasteiger partial charge in [-0.2, -0.15) is 0 Å². The van der Waals surface area contributed by atoms with Gasteiger partial charge in [0.25, 0.3) is 0 Å². The molecule has 94 valence electrons. The van der Waals surface area contributed by atoms with E-state index >= 15 is 0 Å². The molecule has 10 nitrogen and oxygen atoms in total. The zero-order valence-electron chi connectivity index (χ0n) is 8.40. The monoisotopic (exact) mass is 360 g/mol. The molecule has 0 aliphatic rings. The van der Waals surface area contributed by atoms with Gasteiger partial charge in [0.1, 0.15) is 0 Å². The number of hydrogen-bond acceptors (Lipinski definition) is 5. The maximum Gasteiger partial charge on any atom is 0.466 e. The van der Waals surface area contributed by atoms with Crippen LogP contribution in [-0.4, -0.2) is 60.6 Å². The smallest absolute Gasteiger partial charge is 0.412 e. The van der Waals surface area contributed by atoms with Crippen molar-refractivity contribution in [1.82, 2.24) is 0 Å². The molecule has 0 aliphatic carbocycles. The van der Waals surface area contributed by atoms with Gasteiger partial charge in [-0.25, -0.2) is 4.57 Å². The molecule has 0 atom stereocenters. The summed E-state index contributed by atoms with van der Waals surface area (Å²) in [7, 11) is -2.64. The van der Waals surface area contributed by atoms with Crippen LogP contribution >= 0.6 is 7.82 Å². The molecule has 0 aliphatic heterocycles. The minimum atomic E-state index is -4.64. The Labute approximate surface area is 112 Å². The van der Waals surface area contributed by atoms with Gasteiger partial charge in [0.05, 0.1) is 0 Å². The van der Waals surface area contributed by atoms with Crippen LogP contribution in [0.15, 0.2) is 0 Å². The topological polar surface area (TPSA) is 222 Å². The summed E-state index contributed by atoms with van der Waals surface area (Å²) in [6, 6.07) is 0. The van der Waals surface area contributed by atoms with Crippen molar-refractivity contribution in [3.63, 3.8) is 0 Å². The van der Waals surface area contributed by atoms with E-state index in [0.29, 0.717) is 0 Å². The molecule has 0 aromatic rings. The molecule has 0 aromatic heterocycles. The van der Waals surface area contributed by atoms with Crippen LogP contribution in [0.5, 0.6) is 0 Å². The second-order valence-electron chi connectivity index (χ2n) is 0.513. The summed E-state index contributed by atoms with van der Waals surface area (Å²) in [6.07, 6.45) is 0. The van der Waals surface area contributed by atoms with Gasteiger partial charge >= 0.3 is 7.82 Å². The van der Waals surface area contributed by atoms with Crippen LogP contribution in [0.3, 0.4) is 0 Å². The van der Waals surface area contributed by atoms with Gasteiger partial charge in [-0.15, -0.1) is 0 Å². The van der Waals surface area contributed by atoms with Crippen LogP contribution in [0.4, 0.5) is 0 Å². The molecule has 0 saturated heterocycles. The van der Waals surface area contributed by atoms with Crippen molar-refractivity contribution in [1.29, 1.82) is 0 Å². The zero-order chi connectivity index (χ0) is 10.5. The summed E-state index contributed by atoms with van der Waals surface area (Å²) in [5.41, 5.74) is 0. The Morgan fingerprint density at radius 1 is 0.733 bits per heavy atom. The summed E-state index contributed by atoms with van der Waals surface area (Å²) in [4.78, 5) is 21.6. The van der Waals surface area contributed by atoms with E-state index in [1.807, 2.05) is 0 Å². The molecule has 15 heavy (non-hydrogen) atoms. The summed E-state index contributed by atoms with van der Waals surface area (Å²) in [6.45, 7) is 0. The Hall–Kier alpha value is 1.12. The number of hydrogen-bond donors (Lipinski definition) is 7. The fourth-order valence-corrected chi connectivity index (χ4v) is 0. The van der Waals surface area contributed by atoms with Crippen molar-refractivity contribution in [2.24, 2.45) is 0 Å². The SMILES string of the molecule is CO.CO.O.O.O=P(O)(O)O.OO.[Zn].[Zn]. The number of aliphatic hydroxyl groups is 2. The van der Waals surface area contributed by atoms with Crippen molar-refractivity contribution in [2.75, 3.05) is 14.2 Å². The quantitative estimate of drug-likeness (QED) is 0.0994. The maximum atomic E-state index is 8.88. The van der Waals surface area contributed by atoms with Gasteiger partial charge < -0.3 is 35.8 Å². The fourth-order valence-electron chi connectivity index (χ4n) is 0. The molecule has 0 aromatic carbocycles. The molecule has 0 rings (SSSR count). The van der Waals surface area contributed by atoms with E-state index < -0.39 is 7.82 Å². The molecular formula is C2H17O10PZn2. The minimum absolute atomic E-state index is 0. The third-order valence-electron chi connectivity index (χ3n) is 0. The van der Waals surface area contributed by atoms with Crippen molar-refractivity contribution in [3.05, 3.63) is 0 Å². The molecule has 11 N–H and O–H groups in total. The van der Waals surface area contributed by atoms with Crippen LogP contribution in [0.25, 0.3) is 0 Å². The van der Waals surface area contributed by atoms with E-state index in [0.717, 1.165) is 14.2 Å². The van der Waals surface area contributed by atoms with Gasteiger partial charge in [0.2, 0.25) is 0 Å². The molecule has 0 radical (unpaired) electrons. The van der Waals surface area contributed by atoms with E-state index in [1.165, 1.54) is 0 Å². The van der Waals surface area contributed by atoms with E-state index in [1.54, 1.807) is 0 Å². The molecule has 13 heteroatoms. The Morgan fingerprint density at radius 3 is 0.733 bits per heavy atom. The molecule has 0 fully saturated rings. The summed E-state index contributed by atoms with van der Waals surface area (Å²) in [5, 5.41) is 26.0. The molecule has 0 saturated carbocycles. The van der Waals surface area contributed by atoms with Gasteiger partial charge in [-0.3, -0.25) is 10.5 Å². The van der Waals surface area contributed by atoms with Crippen LogP contribution in [0, 0.1) is 0 Å². The van der Waals surface area contributed by atoms with Gasteiger partial charge in [0.15, 0.2) is 0 Å². The third kappa shape index (κ3) is 2090. The van der Waals surface area contributed by atoms with E-state index in [-0.39, 0.29) is 49.9 Å². The Kier molecular flexibility index (Phi) is 222. The van der Waals surface area contributed by atoms with E-state index in [4.69, 9.17) is 40.0 Å². The number of rotatable bonds is 0. The second-order valence-corrected chi connectivity index (χ2v) is 1.54. The third-order valence-corrected chi connectivity index (χ3v) is 0. The molecule has 0 heterocycles. The second kappa shape index (κ2) is 59.5. The van der Waals surface area contributed by atoms with Crippen molar-refractivity contribution in [2.45, 2.75) is 0 Å². The predicted octanol–water partition coefficient (Wildman–Crippen LogP) is -3.35. The van der Waals surface area contributed by atoms with Crippen LogP contribution < -0.4 is 0 Å². The number of aliphatic hydroxyl groups excluding tert-OH is 2. The first-order valence-corrected chi connectivity index (χ1v) is 3.44. The van der Waals surface area contributed by atoms with Crippen LogP contribution in [-0.2, 0) is 43.5 Å². The van der Waals surface area contributed by atoms with Gasteiger partial charge in [-0.1, -0.05) is 0 Å². The van der Waals surface area contributed by atoms with Crippen LogP contribution in [0.2, 0.25) is 0 Å². The molecule has 0 amide bonds. The van der Waals surface area contributed by atoms with Crippen molar-refractivity contribution < 1.29 is 89.9 Å². The summed E-state index contributed by atoms with van der Waals surface area (Å²) < 4.78 is 8.88. The molecule has 0 spiro atoms. The largest absolute Gasteiger partial charge is 0.466 e. The summed E-state index contributed by atoms with van der Waals surface area (Å²) in [5.74, 6) is 0. The molecular weight excluding hydrogens is 346 g/mol. The van der Waals surface area contributed by atoms with Crippen molar-refractivity contribution in [3.8, 4) is 0 Å². The average Bonchev–Trinajstić information content (AvgIpc) is 1.96. The Balaban J connectivity index is -0.00000000736. The fraction of sp³-hybridized carbons (Fsp3) is 1.00. The normalized spacial score (nSPS) is 5.13. The Morgan fingerprint density at radius 2 is 0.733 bits per heavy atom. The first kappa shape index (κ1) is 55.9. The van der Waals surface area contributed by atoms with E-state index in [9.17, 15) is 0 Å².